The Morgan fingerprint density at radius 3 is 1.74 bits per heavy atom. The molecule has 19 heavy (non-hydrogen) atoms. The highest BCUT2D eigenvalue weighted by atomic mass is 16.4. The van der Waals surface area contributed by atoms with E-state index in [2.05, 4.69) is 12.2 Å². The number of hydrogen-bond acceptors (Lipinski definition) is 1. The Labute approximate surface area is 119 Å². The maximum atomic E-state index is 10.6. The third kappa shape index (κ3) is 13.5. The van der Waals surface area contributed by atoms with E-state index in [0.717, 1.165) is 12.8 Å². The summed E-state index contributed by atoms with van der Waals surface area (Å²) >= 11 is 0. The number of carbonyl (C=O) groups is 1. The zero-order valence-corrected chi connectivity index (χ0v) is 13.1. The van der Waals surface area contributed by atoms with Gasteiger partial charge >= 0.3 is 6.09 Å². The Morgan fingerprint density at radius 1 is 0.895 bits per heavy atom. The first-order valence-electron chi connectivity index (χ1n) is 7.99. The highest BCUT2D eigenvalue weighted by Crippen LogP contribution is 2.16. The summed E-state index contributed by atoms with van der Waals surface area (Å²) in [6.45, 7) is 6.16. The van der Waals surface area contributed by atoms with Gasteiger partial charge in [-0.05, 0) is 20.3 Å². The van der Waals surface area contributed by atoms with E-state index in [9.17, 15) is 4.79 Å². The van der Waals surface area contributed by atoms with Crippen LogP contribution >= 0.6 is 0 Å². The molecule has 0 aromatic heterocycles. The molecule has 2 N–H and O–H groups in total. The molecule has 0 bridgehead atoms. The second-order valence-corrected chi connectivity index (χ2v) is 6.25. The number of rotatable bonds is 12. The van der Waals surface area contributed by atoms with Gasteiger partial charge in [0.05, 0.1) is 0 Å². The van der Waals surface area contributed by atoms with Crippen LogP contribution in [0, 0.1) is 0 Å². The average Bonchev–Trinajstić information content (AvgIpc) is 2.30. The standard InChI is InChI=1S/C16H33NO2/c1-4-5-6-7-8-9-10-11-12-13-14-16(2,3)17-15(18)19/h17H,4-14H2,1-3H3,(H,18,19). The van der Waals surface area contributed by atoms with Gasteiger partial charge in [0, 0.05) is 5.54 Å². The number of nitrogens with one attached hydrogen (secondary N) is 1. The molecule has 0 aliphatic rings. The van der Waals surface area contributed by atoms with Crippen molar-refractivity contribution >= 4 is 6.09 Å². The van der Waals surface area contributed by atoms with Crippen molar-refractivity contribution < 1.29 is 9.90 Å². The normalized spacial score (nSPS) is 11.5. The fraction of sp³-hybridized carbons (Fsp3) is 0.938. The summed E-state index contributed by atoms with van der Waals surface area (Å²) in [6.07, 6.45) is 13.2. The number of carboxylic acid groups (broad SMARTS) is 1. The van der Waals surface area contributed by atoms with Crippen molar-refractivity contribution in [3.05, 3.63) is 0 Å². The van der Waals surface area contributed by atoms with Gasteiger partial charge in [-0.2, -0.15) is 0 Å². The molecule has 0 saturated heterocycles. The Balaban J connectivity index is 3.28. The predicted molar refractivity (Wildman–Crippen MR) is 81.7 cm³/mol. The van der Waals surface area contributed by atoms with Crippen LogP contribution in [0.3, 0.4) is 0 Å². The number of unbranched alkanes of at least 4 members (excludes halogenated alkanes) is 9. The van der Waals surface area contributed by atoms with E-state index in [1.165, 1.54) is 57.8 Å². The fourth-order valence-electron chi connectivity index (χ4n) is 2.41. The van der Waals surface area contributed by atoms with Crippen molar-refractivity contribution in [2.45, 2.75) is 96.9 Å². The van der Waals surface area contributed by atoms with Crippen molar-refractivity contribution in [3.8, 4) is 0 Å². The monoisotopic (exact) mass is 271 g/mol. The van der Waals surface area contributed by atoms with Crippen LogP contribution in [-0.2, 0) is 0 Å². The molecule has 0 radical (unpaired) electrons. The topological polar surface area (TPSA) is 49.3 Å². The van der Waals surface area contributed by atoms with E-state index in [4.69, 9.17) is 5.11 Å². The van der Waals surface area contributed by atoms with Crippen molar-refractivity contribution in [2.24, 2.45) is 0 Å². The summed E-state index contributed by atoms with van der Waals surface area (Å²) in [5.41, 5.74) is -0.286. The highest BCUT2D eigenvalue weighted by Gasteiger charge is 2.18. The van der Waals surface area contributed by atoms with Crippen molar-refractivity contribution in [3.63, 3.8) is 0 Å². The van der Waals surface area contributed by atoms with Gasteiger partial charge in [0.25, 0.3) is 0 Å². The molecular weight excluding hydrogens is 238 g/mol. The first-order valence-corrected chi connectivity index (χ1v) is 7.99. The summed E-state index contributed by atoms with van der Waals surface area (Å²) in [6, 6.07) is 0. The molecule has 114 valence electrons. The first kappa shape index (κ1) is 18.3. The molecule has 0 unspecified atom stereocenters. The van der Waals surface area contributed by atoms with Crippen molar-refractivity contribution in [1.82, 2.24) is 5.32 Å². The number of hydrogen-bond donors (Lipinski definition) is 2. The Hall–Kier alpha value is -0.730. The molecule has 0 spiro atoms. The van der Waals surface area contributed by atoms with E-state index in [-0.39, 0.29) is 5.54 Å². The molecule has 0 aromatic rings. The average molecular weight is 271 g/mol. The van der Waals surface area contributed by atoms with Gasteiger partial charge in [0.2, 0.25) is 0 Å². The lowest BCUT2D eigenvalue weighted by Crippen LogP contribution is -2.42. The van der Waals surface area contributed by atoms with Crippen LogP contribution in [0.1, 0.15) is 91.4 Å². The summed E-state index contributed by atoms with van der Waals surface area (Å²) in [5, 5.41) is 11.3. The smallest absolute Gasteiger partial charge is 0.405 e. The minimum atomic E-state index is -0.919. The maximum absolute atomic E-state index is 10.6. The van der Waals surface area contributed by atoms with Crippen LogP contribution < -0.4 is 5.32 Å². The maximum Gasteiger partial charge on any atom is 0.405 e. The molecule has 0 rings (SSSR count). The fourth-order valence-corrected chi connectivity index (χ4v) is 2.41. The largest absolute Gasteiger partial charge is 0.465 e. The highest BCUT2D eigenvalue weighted by molar-refractivity contribution is 5.65. The SMILES string of the molecule is CCCCCCCCCCCCC(C)(C)NC(=O)O. The molecule has 0 fully saturated rings. The zero-order chi connectivity index (χ0) is 14.6. The van der Waals surface area contributed by atoms with Gasteiger partial charge in [-0.1, -0.05) is 71.1 Å². The van der Waals surface area contributed by atoms with Crippen molar-refractivity contribution in [2.75, 3.05) is 0 Å². The van der Waals surface area contributed by atoms with Crippen LogP contribution in [0.15, 0.2) is 0 Å². The zero-order valence-electron chi connectivity index (χ0n) is 13.1. The summed E-state index contributed by atoms with van der Waals surface area (Å²) in [7, 11) is 0. The summed E-state index contributed by atoms with van der Waals surface area (Å²) in [5.74, 6) is 0. The van der Waals surface area contributed by atoms with E-state index < -0.39 is 6.09 Å². The molecular formula is C16H33NO2. The predicted octanol–water partition coefficient (Wildman–Crippen LogP) is 5.34. The molecule has 0 heterocycles. The van der Waals surface area contributed by atoms with Crippen LogP contribution in [0.25, 0.3) is 0 Å². The van der Waals surface area contributed by atoms with Crippen LogP contribution in [0.2, 0.25) is 0 Å². The van der Waals surface area contributed by atoms with Gasteiger partial charge in [-0.3, -0.25) is 0 Å². The van der Waals surface area contributed by atoms with E-state index >= 15 is 0 Å². The van der Waals surface area contributed by atoms with Crippen LogP contribution in [0.4, 0.5) is 4.79 Å². The minimum Gasteiger partial charge on any atom is -0.465 e. The van der Waals surface area contributed by atoms with Gasteiger partial charge in [-0.25, -0.2) is 4.79 Å². The molecule has 3 heteroatoms. The van der Waals surface area contributed by atoms with E-state index in [1.54, 1.807) is 0 Å². The lowest BCUT2D eigenvalue weighted by Gasteiger charge is -2.24. The summed E-state index contributed by atoms with van der Waals surface area (Å²) in [4.78, 5) is 10.6. The first-order chi connectivity index (χ1) is 8.98. The lowest BCUT2D eigenvalue weighted by molar-refractivity contribution is 0.180. The third-order valence-electron chi connectivity index (χ3n) is 3.60. The third-order valence-corrected chi connectivity index (χ3v) is 3.60. The molecule has 1 amide bonds. The Bertz CT molecular complexity index is 227. The molecule has 0 aliphatic carbocycles. The van der Waals surface area contributed by atoms with E-state index in [1.807, 2.05) is 13.8 Å². The molecule has 0 aliphatic heterocycles. The van der Waals surface area contributed by atoms with Gasteiger partial charge in [0.1, 0.15) is 0 Å². The second-order valence-electron chi connectivity index (χ2n) is 6.25. The van der Waals surface area contributed by atoms with Gasteiger partial charge in [-0.15, -0.1) is 0 Å². The second kappa shape index (κ2) is 11.1. The minimum absolute atomic E-state index is 0.286. The molecule has 0 aromatic carbocycles. The molecule has 0 atom stereocenters. The van der Waals surface area contributed by atoms with E-state index in [0.29, 0.717) is 0 Å². The van der Waals surface area contributed by atoms with Crippen LogP contribution in [0.5, 0.6) is 0 Å². The quantitative estimate of drug-likeness (QED) is 0.470. The van der Waals surface area contributed by atoms with Gasteiger partial charge < -0.3 is 10.4 Å². The Morgan fingerprint density at radius 2 is 1.32 bits per heavy atom. The molecule has 0 saturated carbocycles. The molecule has 3 nitrogen and oxygen atoms in total. The summed E-state index contributed by atoms with van der Waals surface area (Å²) < 4.78 is 0. The van der Waals surface area contributed by atoms with Gasteiger partial charge in [0.15, 0.2) is 0 Å². The van der Waals surface area contributed by atoms with Crippen LogP contribution in [-0.4, -0.2) is 16.7 Å². The number of amides is 1. The Kier molecular flexibility index (Phi) is 10.7. The lowest BCUT2D eigenvalue weighted by atomic mass is 9.96. The van der Waals surface area contributed by atoms with Crippen molar-refractivity contribution in [1.29, 1.82) is 0 Å².